The minimum Gasteiger partial charge on any atom is -0.462 e. The number of hydrogen-bond acceptors (Lipinski definition) is 8. The third kappa shape index (κ3) is 46.3. The molecule has 0 aliphatic carbocycles. The topological polar surface area (TPSA) is 134 Å². The van der Waals surface area contributed by atoms with E-state index < -0.39 is 26.5 Å². The molecule has 9 nitrogen and oxygen atoms in total. The van der Waals surface area contributed by atoms with Crippen molar-refractivity contribution < 1.29 is 37.6 Å². The first-order valence-electron chi connectivity index (χ1n) is 25.7. The van der Waals surface area contributed by atoms with E-state index in [1.165, 1.54) is 199 Å². The van der Waals surface area contributed by atoms with Crippen LogP contribution in [0.1, 0.15) is 264 Å². The second-order valence-corrected chi connectivity index (χ2v) is 18.9. The Labute approximate surface area is 370 Å². The minimum atomic E-state index is -4.37. The molecule has 0 saturated heterocycles. The van der Waals surface area contributed by atoms with Gasteiger partial charge in [0.05, 0.1) is 13.2 Å². The maximum Gasteiger partial charge on any atom is 0.472 e. The fraction of sp³-hybridized carbons (Fsp3) is 0.920. The first kappa shape index (κ1) is 58.8. The molecule has 0 aliphatic heterocycles. The van der Waals surface area contributed by atoms with Crippen molar-refractivity contribution in [3.63, 3.8) is 0 Å². The average molecular weight is 872 g/mol. The molecule has 2 atom stereocenters. The van der Waals surface area contributed by atoms with E-state index >= 15 is 0 Å². The fourth-order valence-corrected chi connectivity index (χ4v) is 8.34. The van der Waals surface area contributed by atoms with Gasteiger partial charge in [-0.3, -0.25) is 18.6 Å². The highest BCUT2D eigenvalue weighted by atomic mass is 31.2. The molecule has 0 aromatic heterocycles. The van der Waals surface area contributed by atoms with Gasteiger partial charge in [0.25, 0.3) is 0 Å². The molecule has 0 aromatic carbocycles. The molecule has 0 saturated carbocycles. The highest BCUT2D eigenvalue weighted by Gasteiger charge is 2.26. The van der Waals surface area contributed by atoms with Crippen LogP contribution in [0.15, 0.2) is 12.2 Å². The summed E-state index contributed by atoms with van der Waals surface area (Å²) in [4.78, 5) is 34.8. The smallest absolute Gasteiger partial charge is 0.462 e. The molecule has 0 aromatic rings. The van der Waals surface area contributed by atoms with Crippen molar-refractivity contribution in [3.05, 3.63) is 12.2 Å². The quantitative estimate of drug-likeness (QED) is 0.0265. The zero-order valence-electron chi connectivity index (χ0n) is 39.5. The van der Waals surface area contributed by atoms with Gasteiger partial charge in [-0.1, -0.05) is 225 Å². The van der Waals surface area contributed by atoms with Crippen LogP contribution in [0.4, 0.5) is 0 Å². The van der Waals surface area contributed by atoms with Gasteiger partial charge in [-0.2, -0.15) is 0 Å². The van der Waals surface area contributed by atoms with Crippen molar-refractivity contribution in [2.75, 3.05) is 26.4 Å². The van der Waals surface area contributed by atoms with Gasteiger partial charge in [-0.25, -0.2) is 4.57 Å². The Balaban J connectivity index is 3.78. The molecule has 0 amide bonds. The first-order valence-corrected chi connectivity index (χ1v) is 27.2. The molecule has 0 rings (SSSR count). The van der Waals surface area contributed by atoms with Gasteiger partial charge < -0.3 is 20.1 Å². The summed E-state index contributed by atoms with van der Waals surface area (Å²) >= 11 is 0. The Morgan fingerprint density at radius 3 is 1.18 bits per heavy atom. The number of ether oxygens (including phenoxy) is 2. The molecule has 60 heavy (non-hydrogen) atoms. The molecule has 2 unspecified atom stereocenters. The van der Waals surface area contributed by atoms with Crippen molar-refractivity contribution in [1.29, 1.82) is 0 Å². The van der Waals surface area contributed by atoms with E-state index in [0.717, 1.165) is 32.1 Å². The van der Waals surface area contributed by atoms with E-state index in [1.54, 1.807) is 0 Å². The molecule has 0 bridgehead atoms. The maximum absolute atomic E-state index is 12.6. The van der Waals surface area contributed by atoms with E-state index in [0.29, 0.717) is 6.42 Å². The molecule has 0 radical (unpaired) electrons. The van der Waals surface area contributed by atoms with Gasteiger partial charge in [0.2, 0.25) is 0 Å². The lowest BCUT2D eigenvalue weighted by Crippen LogP contribution is -2.29. The summed E-state index contributed by atoms with van der Waals surface area (Å²) in [6, 6.07) is 0. The zero-order valence-corrected chi connectivity index (χ0v) is 40.4. The molecular weight excluding hydrogens is 774 g/mol. The van der Waals surface area contributed by atoms with E-state index in [1.807, 2.05) is 0 Å². The van der Waals surface area contributed by atoms with Crippen LogP contribution in [0, 0.1) is 0 Å². The third-order valence-corrected chi connectivity index (χ3v) is 12.4. The highest BCUT2D eigenvalue weighted by molar-refractivity contribution is 7.47. The Morgan fingerprint density at radius 1 is 0.483 bits per heavy atom. The number of hydrogen-bond donors (Lipinski definition) is 2. The lowest BCUT2D eigenvalue weighted by molar-refractivity contribution is -0.161. The molecule has 3 N–H and O–H groups in total. The molecule has 0 heterocycles. The monoisotopic (exact) mass is 872 g/mol. The summed E-state index contributed by atoms with van der Waals surface area (Å²) in [5.74, 6) is -0.819. The van der Waals surface area contributed by atoms with E-state index in [2.05, 4.69) is 26.0 Å². The number of phosphoric ester groups is 1. The molecule has 0 fully saturated rings. The van der Waals surface area contributed by atoms with Crippen molar-refractivity contribution in [1.82, 2.24) is 0 Å². The van der Waals surface area contributed by atoms with E-state index in [9.17, 15) is 19.0 Å². The standard InChI is InChI=1S/C50H98NO8P/c1-3-5-7-9-11-13-14-15-16-17-18-19-20-21-22-23-24-25-26-27-28-29-30-31-32-33-34-35-37-39-41-43-50(53)59-48(47-58-60(54,55)57-45-44-51)46-56-49(52)42-40-38-36-12-10-8-6-4-2/h17-18,48H,3-16,19-47,51H2,1-2H3,(H,54,55)/b18-17-. The third-order valence-electron chi connectivity index (χ3n) is 11.4. The summed E-state index contributed by atoms with van der Waals surface area (Å²) < 4.78 is 32.7. The SMILES string of the molecule is CCCCCCCCCC/C=C\CCCCCCCCCCCCCCCCCCCCCC(=O)OC(COC(=O)CCCCCCCCCC)COP(=O)(O)OCCN. The van der Waals surface area contributed by atoms with Gasteiger partial charge >= 0.3 is 19.8 Å². The summed E-state index contributed by atoms with van der Waals surface area (Å²) in [5, 5.41) is 0. The Hall–Kier alpha value is -1.25. The summed E-state index contributed by atoms with van der Waals surface area (Å²) in [6.07, 6.45) is 51.5. The van der Waals surface area contributed by atoms with E-state index in [4.69, 9.17) is 24.3 Å². The Morgan fingerprint density at radius 2 is 0.817 bits per heavy atom. The normalized spacial score (nSPS) is 13.2. The highest BCUT2D eigenvalue weighted by Crippen LogP contribution is 2.43. The maximum atomic E-state index is 12.6. The van der Waals surface area contributed by atoms with Crippen molar-refractivity contribution >= 4 is 19.8 Å². The molecular formula is C50H98NO8P. The van der Waals surface area contributed by atoms with Crippen LogP contribution in [0.25, 0.3) is 0 Å². The summed E-state index contributed by atoms with van der Waals surface area (Å²) in [6.45, 7) is 3.73. The molecule has 356 valence electrons. The van der Waals surface area contributed by atoms with Crippen LogP contribution >= 0.6 is 7.82 Å². The average Bonchev–Trinajstić information content (AvgIpc) is 3.24. The van der Waals surface area contributed by atoms with Crippen molar-refractivity contribution in [2.24, 2.45) is 5.73 Å². The van der Waals surface area contributed by atoms with Crippen LogP contribution < -0.4 is 5.73 Å². The van der Waals surface area contributed by atoms with Crippen molar-refractivity contribution in [3.8, 4) is 0 Å². The Bertz CT molecular complexity index is 995. The minimum absolute atomic E-state index is 0.0569. The predicted octanol–water partition coefficient (Wildman–Crippen LogP) is 15.3. The summed E-state index contributed by atoms with van der Waals surface area (Å²) in [7, 11) is -4.37. The van der Waals surface area contributed by atoms with E-state index in [-0.39, 0.29) is 38.6 Å². The second kappa shape index (κ2) is 47.2. The number of carbonyl (C=O) groups excluding carboxylic acids is 2. The van der Waals surface area contributed by atoms with Crippen LogP contribution in [0.2, 0.25) is 0 Å². The molecule has 0 aliphatic rings. The Kier molecular flexibility index (Phi) is 46.3. The number of unbranched alkanes of at least 4 members (excludes halogenated alkanes) is 34. The number of phosphoric acid groups is 1. The van der Waals surface area contributed by atoms with Crippen LogP contribution in [-0.2, 0) is 32.7 Å². The van der Waals surface area contributed by atoms with Gasteiger partial charge in [0, 0.05) is 19.4 Å². The van der Waals surface area contributed by atoms with Crippen LogP contribution in [-0.4, -0.2) is 49.3 Å². The molecule has 0 spiro atoms. The number of nitrogens with two attached hydrogens (primary N) is 1. The number of carbonyl (C=O) groups is 2. The van der Waals surface area contributed by atoms with Crippen LogP contribution in [0.5, 0.6) is 0 Å². The molecule has 10 heteroatoms. The predicted molar refractivity (Wildman–Crippen MR) is 252 cm³/mol. The fourth-order valence-electron chi connectivity index (χ4n) is 7.57. The lowest BCUT2D eigenvalue weighted by atomic mass is 10.0. The van der Waals surface area contributed by atoms with Gasteiger partial charge in [-0.05, 0) is 38.5 Å². The number of rotatable bonds is 49. The lowest BCUT2D eigenvalue weighted by Gasteiger charge is -2.19. The van der Waals surface area contributed by atoms with Gasteiger partial charge in [0.1, 0.15) is 6.61 Å². The largest absolute Gasteiger partial charge is 0.472 e. The van der Waals surface area contributed by atoms with Gasteiger partial charge in [0.15, 0.2) is 6.10 Å². The number of esters is 2. The second-order valence-electron chi connectivity index (χ2n) is 17.4. The van der Waals surface area contributed by atoms with Gasteiger partial charge in [-0.15, -0.1) is 0 Å². The number of allylic oxidation sites excluding steroid dienone is 2. The van der Waals surface area contributed by atoms with Crippen molar-refractivity contribution in [2.45, 2.75) is 270 Å². The van der Waals surface area contributed by atoms with Crippen LogP contribution in [0.3, 0.4) is 0 Å². The summed E-state index contributed by atoms with van der Waals surface area (Å²) in [5.41, 5.74) is 5.35. The zero-order chi connectivity index (χ0) is 43.9. The first-order chi connectivity index (χ1) is 29.3.